The van der Waals surface area contributed by atoms with Crippen molar-refractivity contribution in [1.82, 2.24) is 5.32 Å². The smallest absolute Gasteiger partial charge is 0.326 e. The molecule has 0 radical (unpaired) electrons. The normalized spacial score (nSPS) is 12.1. The molecule has 1 atom stereocenters. The van der Waals surface area contributed by atoms with Crippen LogP contribution in [0.4, 0.5) is 0 Å². The summed E-state index contributed by atoms with van der Waals surface area (Å²) in [4.78, 5) is 22.6. The van der Waals surface area contributed by atoms with Crippen molar-refractivity contribution in [3.63, 3.8) is 0 Å². The van der Waals surface area contributed by atoms with Crippen molar-refractivity contribution in [2.45, 2.75) is 25.8 Å². The molecule has 0 unspecified atom stereocenters. The highest BCUT2D eigenvalue weighted by atomic mass is 16.5. The van der Waals surface area contributed by atoms with Crippen LogP contribution in [0.1, 0.15) is 25.3 Å². The monoisotopic (exact) mass is 277 g/mol. The molecule has 0 saturated heterocycles. The van der Waals surface area contributed by atoms with Crippen molar-refractivity contribution in [2.75, 3.05) is 7.11 Å². The molecule has 5 nitrogen and oxygen atoms in total. The number of aliphatic carboxylic acids is 1. The van der Waals surface area contributed by atoms with Gasteiger partial charge in [-0.25, -0.2) is 4.79 Å². The number of ether oxygens (including phenoxy) is 1. The molecule has 0 fully saturated rings. The third kappa shape index (κ3) is 4.76. The minimum atomic E-state index is -1.02. The molecule has 5 heteroatoms. The van der Waals surface area contributed by atoms with E-state index in [-0.39, 0.29) is 0 Å². The first kappa shape index (κ1) is 15.8. The largest absolute Gasteiger partial charge is 0.496 e. The van der Waals surface area contributed by atoms with Gasteiger partial charge in [0, 0.05) is 11.6 Å². The fraction of sp³-hybridized carbons (Fsp3) is 0.333. The maximum atomic E-state index is 11.7. The van der Waals surface area contributed by atoms with Crippen molar-refractivity contribution in [2.24, 2.45) is 0 Å². The molecule has 1 aromatic rings. The minimum Gasteiger partial charge on any atom is -0.496 e. The Hall–Kier alpha value is -2.30. The van der Waals surface area contributed by atoms with Crippen LogP contribution in [0, 0.1) is 0 Å². The summed E-state index contributed by atoms with van der Waals surface area (Å²) in [6.07, 6.45) is 4.00. The molecular weight excluding hydrogens is 258 g/mol. The highest BCUT2D eigenvalue weighted by Crippen LogP contribution is 2.18. The Morgan fingerprint density at radius 1 is 1.40 bits per heavy atom. The van der Waals surface area contributed by atoms with Crippen LogP contribution < -0.4 is 10.1 Å². The Labute approximate surface area is 118 Å². The predicted molar refractivity (Wildman–Crippen MR) is 76.5 cm³/mol. The lowest BCUT2D eigenvalue weighted by Crippen LogP contribution is -2.39. The molecule has 108 valence electrons. The molecule has 1 rings (SSSR count). The minimum absolute atomic E-state index is 0.406. The molecule has 0 aliphatic heterocycles. The number of carbonyl (C=O) groups excluding carboxylic acids is 1. The van der Waals surface area contributed by atoms with E-state index in [1.54, 1.807) is 19.3 Å². The lowest BCUT2D eigenvalue weighted by Gasteiger charge is -2.11. The van der Waals surface area contributed by atoms with Crippen molar-refractivity contribution in [1.29, 1.82) is 0 Å². The zero-order valence-corrected chi connectivity index (χ0v) is 11.6. The van der Waals surface area contributed by atoms with Crippen LogP contribution in [0.5, 0.6) is 5.75 Å². The van der Waals surface area contributed by atoms with E-state index in [1.165, 1.54) is 6.08 Å². The molecule has 2 N–H and O–H groups in total. The van der Waals surface area contributed by atoms with Gasteiger partial charge in [0.25, 0.3) is 0 Å². The number of methoxy groups -OCH3 is 1. The Morgan fingerprint density at radius 2 is 2.10 bits per heavy atom. The number of rotatable bonds is 7. The van der Waals surface area contributed by atoms with Crippen LogP contribution in [0.2, 0.25) is 0 Å². The molecule has 0 heterocycles. The number of hydrogen-bond donors (Lipinski definition) is 2. The zero-order valence-electron chi connectivity index (χ0n) is 11.6. The predicted octanol–water partition coefficient (Wildman–Crippen LogP) is 2.08. The summed E-state index contributed by atoms with van der Waals surface area (Å²) < 4.78 is 5.16. The van der Waals surface area contributed by atoms with Gasteiger partial charge in [0.15, 0.2) is 0 Å². The standard InChI is InChI=1S/C15H19NO4/c1-3-6-12(15(18)19)16-14(17)10-9-11-7-4-5-8-13(11)20-2/h4-5,7-10,12H,3,6H2,1-2H3,(H,16,17)(H,18,19)/b10-9+/t12-/m0/s1. The fourth-order valence-corrected chi connectivity index (χ4v) is 1.74. The van der Waals surface area contributed by atoms with E-state index in [4.69, 9.17) is 9.84 Å². The van der Waals surface area contributed by atoms with Gasteiger partial charge < -0.3 is 15.2 Å². The number of nitrogens with one attached hydrogen (secondary N) is 1. The van der Waals surface area contributed by atoms with Gasteiger partial charge in [0.05, 0.1) is 7.11 Å². The van der Waals surface area contributed by atoms with E-state index in [0.29, 0.717) is 18.6 Å². The van der Waals surface area contributed by atoms with Crippen molar-refractivity contribution < 1.29 is 19.4 Å². The highest BCUT2D eigenvalue weighted by Gasteiger charge is 2.17. The van der Waals surface area contributed by atoms with Gasteiger partial charge in [-0.15, -0.1) is 0 Å². The van der Waals surface area contributed by atoms with Gasteiger partial charge in [-0.3, -0.25) is 4.79 Å². The van der Waals surface area contributed by atoms with E-state index in [2.05, 4.69) is 5.32 Å². The lowest BCUT2D eigenvalue weighted by molar-refractivity contribution is -0.141. The zero-order chi connectivity index (χ0) is 15.0. The second-order valence-corrected chi connectivity index (χ2v) is 4.26. The highest BCUT2D eigenvalue weighted by molar-refractivity contribution is 5.94. The Bertz CT molecular complexity index is 496. The van der Waals surface area contributed by atoms with E-state index in [1.807, 2.05) is 25.1 Å². The topological polar surface area (TPSA) is 75.6 Å². The Kier molecular flexibility index (Phi) is 6.29. The summed E-state index contributed by atoms with van der Waals surface area (Å²) in [6, 6.07) is 6.41. The van der Waals surface area contributed by atoms with Gasteiger partial charge in [-0.1, -0.05) is 31.5 Å². The Morgan fingerprint density at radius 3 is 2.70 bits per heavy atom. The lowest BCUT2D eigenvalue weighted by atomic mass is 10.1. The molecule has 0 aliphatic rings. The van der Waals surface area contributed by atoms with Crippen LogP contribution in [-0.2, 0) is 9.59 Å². The number of carboxylic acid groups (broad SMARTS) is 1. The second-order valence-electron chi connectivity index (χ2n) is 4.26. The van der Waals surface area contributed by atoms with Crippen LogP contribution >= 0.6 is 0 Å². The van der Waals surface area contributed by atoms with E-state index in [9.17, 15) is 9.59 Å². The van der Waals surface area contributed by atoms with Crippen LogP contribution in [-0.4, -0.2) is 30.1 Å². The van der Waals surface area contributed by atoms with Crippen LogP contribution in [0.25, 0.3) is 6.08 Å². The van der Waals surface area contributed by atoms with E-state index >= 15 is 0 Å². The van der Waals surface area contributed by atoms with Crippen molar-refractivity contribution >= 4 is 18.0 Å². The van der Waals surface area contributed by atoms with Crippen LogP contribution in [0.3, 0.4) is 0 Å². The average Bonchev–Trinajstić information content (AvgIpc) is 2.44. The Balaban J connectivity index is 2.69. The molecular formula is C15H19NO4. The summed E-state index contributed by atoms with van der Waals surface area (Å²) in [5.41, 5.74) is 0.757. The van der Waals surface area contributed by atoms with Gasteiger partial charge in [-0.2, -0.15) is 0 Å². The fourth-order valence-electron chi connectivity index (χ4n) is 1.74. The second kappa shape index (κ2) is 7.99. The molecule has 1 aromatic carbocycles. The van der Waals surface area contributed by atoms with Gasteiger partial charge in [0.1, 0.15) is 11.8 Å². The number of para-hydroxylation sites is 1. The number of benzene rings is 1. The molecule has 0 saturated carbocycles. The van der Waals surface area contributed by atoms with Gasteiger partial charge in [-0.05, 0) is 18.6 Å². The molecule has 0 aliphatic carbocycles. The maximum absolute atomic E-state index is 11.7. The number of carbonyl (C=O) groups is 2. The summed E-state index contributed by atoms with van der Waals surface area (Å²) >= 11 is 0. The summed E-state index contributed by atoms with van der Waals surface area (Å²) in [7, 11) is 1.55. The summed E-state index contributed by atoms with van der Waals surface area (Å²) in [5, 5.41) is 11.4. The van der Waals surface area contributed by atoms with Crippen molar-refractivity contribution in [3.05, 3.63) is 35.9 Å². The van der Waals surface area contributed by atoms with Crippen LogP contribution in [0.15, 0.2) is 30.3 Å². The molecule has 20 heavy (non-hydrogen) atoms. The quantitative estimate of drug-likeness (QED) is 0.748. The van der Waals surface area contributed by atoms with Gasteiger partial charge in [0.2, 0.25) is 5.91 Å². The van der Waals surface area contributed by atoms with E-state index < -0.39 is 17.9 Å². The molecule has 1 amide bonds. The number of hydrogen-bond acceptors (Lipinski definition) is 3. The van der Waals surface area contributed by atoms with Gasteiger partial charge >= 0.3 is 5.97 Å². The first-order chi connectivity index (χ1) is 9.58. The summed E-state index contributed by atoms with van der Waals surface area (Å²) in [6.45, 7) is 1.87. The molecule has 0 bridgehead atoms. The third-order valence-corrected chi connectivity index (χ3v) is 2.75. The first-order valence-corrected chi connectivity index (χ1v) is 6.42. The average molecular weight is 277 g/mol. The third-order valence-electron chi connectivity index (χ3n) is 2.75. The molecule has 0 aromatic heterocycles. The number of amides is 1. The first-order valence-electron chi connectivity index (χ1n) is 6.42. The maximum Gasteiger partial charge on any atom is 0.326 e. The summed E-state index contributed by atoms with van der Waals surface area (Å²) in [5.74, 6) is -0.803. The molecule has 0 spiro atoms. The van der Waals surface area contributed by atoms with Crippen molar-refractivity contribution in [3.8, 4) is 5.75 Å². The SMILES string of the molecule is CCC[C@H](NC(=O)/C=C/c1ccccc1OC)C(=O)O. The number of carboxylic acids is 1. The van der Waals surface area contributed by atoms with E-state index in [0.717, 1.165) is 5.56 Å².